The summed E-state index contributed by atoms with van der Waals surface area (Å²) < 4.78 is 11.6. The third-order valence-corrected chi connectivity index (χ3v) is 2.09. The van der Waals surface area contributed by atoms with E-state index in [4.69, 9.17) is 9.47 Å². The highest BCUT2D eigenvalue weighted by molar-refractivity contribution is 4.34. The molecule has 0 aromatic rings. The van der Waals surface area contributed by atoms with Gasteiger partial charge < -0.3 is 37.9 Å². The molecule has 0 saturated carbocycles. The monoisotopic (exact) mass is 317 g/mol. The maximum Gasteiger partial charge on any atom is 0.102 e. The van der Waals surface area contributed by atoms with Crippen LogP contribution in [0.3, 0.4) is 0 Å². The van der Waals surface area contributed by atoms with E-state index in [-0.39, 0.29) is 24.0 Å². The van der Waals surface area contributed by atoms with Crippen LogP contribution in [0.25, 0.3) is 0 Å². The van der Waals surface area contributed by atoms with Crippen molar-refractivity contribution in [1.29, 1.82) is 0 Å². The minimum Gasteiger partial charge on any atom is -1.00 e. The molecule has 0 aliphatic rings. The van der Waals surface area contributed by atoms with Crippen LogP contribution < -0.4 is 24.0 Å². The van der Waals surface area contributed by atoms with Gasteiger partial charge in [-0.05, 0) is 13.8 Å². The summed E-state index contributed by atoms with van der Waals surface area (Å²) in [5, 5.41) is 0. The molecule has 0 aliphatic heterocycles. The maximum absolute atomic E-state index is 5.32. The average molecular weight is 317 g/mol. The smallest absolute Gasteiger partial charge is 0.102 e. The van der Waals surface area contributed by atoms with E-state index in [0.717, 1.165) is 44.0 Å². The fraction of sp³-hybridized carbons (Fsp3) is 1.00. The van der Waals surface area contributed by atoms with Gasteiger partial charge in [-0.25, -0.2) is 0 Å². The molecule has 0 heterocycles. The Kier molecular flexibility index (Phi) is 12.3. The SMILES string of the molecule is CCOCC[N+](C)(C)CCOCC.[I-]. The normalized spacial score (nSPS) is 11.1. The number of ether oxygens (including phenoxy) is 2. The van der Waals surface area contributed by atoms with Crippen LogP contribution in [0, 0.1) is 0 Å². The number of hydrogen-bond donors (Lipinski definition) is 0. The van der Waals surface area contributed by atoms with Gasteiger partial charge in [-0.15, -0.1) is 0 Å². The average Bonchev–Trinajstić information content (AvgIpc) is 2.05. The Morgan fingerprint density at radius 1 is 0.857 bits per heavy atom. The van der Waals surface area contributed by atoms with Gasteiger partial charge in [0, 0.05) is 13.2 Å². The molecule has 0 spiro atoms. The first-order valence-electron chi connectivity index (χ1n) is 5.10. The molecule has 4 heteroatoms. The molecule has 0 aromatic carbocycles. The standard InChI is InChI=1S/C10H24NO2.HI/c1-5-12-9-7-11(3,4)8-10-13-6-2;/h5-10H2,1-4H3;1H/q+1;/p-1. The van der Waals surface area contributed by atoms with Crippen molar-refractivity contribution < 1.29 is 37.9 Å². The van der Waals surface area contributed by atoms with Crippen molar-refractivity contribution in [3.63, 3.8) is 0 Å². The van der Waals surface area contributed by atoms with Crippen LogP contribution >= 0.6 is 0 Å². The zero-order valence-electron chi connectivity index (χ0n) is 9.88. The minimum absolute atomic E-state index is 0. The number of quaternary nitrogens is 1. The first-order chi connectivity index (χ1) is 6.12. The van der Waals surface area contributed by atoms with E-state index in [1.165, 1.54) is 0 Å². The van der Waals surface area contributed by atoms with Crippen LogP contribution in [0.4, 0.5) is 0 Å². The molecular formula is C10H24INO2. The minimum atomic E-state index is 0. The molecule has 3 nitrogen and oxygen atoms in total. The topological polar surface area (TPSA) is 18.5 Å². The lowest BCUT2D eigenvalue weighted by molar-refractivity contribution is -0.891. The molecule has 0 saturated heterocycles. The second-order valence-corrected chi connectivity index (χ2v) is 3.78. The van der Waals surface area contributed by atoms with Gasteiger partial charge in [0.25, 0.3) is 0 Å². The molecule has 0 atom stereocenters. The highest BCUT2D eigenvalue weighted by atomic mass is 127. The summed E-state index contributed by atoms with van der Waals surface area (Å²) in [4.78, 5) is 0. The molecule has 88 valence electrons. The van der Waals surface area contributed by atoms with E-state index in [2.05, 4.69) is 14.1 Å². The Bertz CT molecular complexity index is 109. The van der Waals surface area contributed by atoms with Gasteiger partial charge in [-0.1, -0.05) is 0 Å². The molecule has 0 aliphatic carbocycles. The van der Waals surface area contributed by atoms with Crippen molar-refractivity contribution in [2.45, 2.75) is 13.8 Å². The Morgan fingerprint density at radius 2 is 1.21 bits per heavy atom. The van der Waals surface area contributed by atoms with E-state index in [1.807, 2.05) is 13.8 Å². The summed E-state index contributed by atoms with van der Waals surface area (Å²) in [5.74, 6) is 0. The molecule has 0 rings (SSSR count). The number of nitrogens with zero attached hydrogens (tertiary/aromatic N) is 1. The summed E-state index contributed by atoms with van der Waals surface area (Å²) in [7, 11) is 4.41. The number of rotatable bonds is 8. The van der Waals surface area contributed by atoms with Gasteiger partial charge in [-0.3, -0.25) is 0 Å². The van der Waals surface area contributed by atoms with E-state index < -0.39 is 0 Å². The highest BCUT2D eigenvalue weighted by Crippen LogP contribution is 1.96. The third-order valence-electron chi connectivity index (χ3n) is 2.09. The molecule has 14 heavy (non-hydrogen) atoms. The fourth-order valence-corrected chi connectivity index (χ4v) is 1.02. The van der Waals surface area contributed by atoms with Gasteiger partial charge in [-0.2, -0.15) is 0 Å². The second kappa shape index (κ2) is 10.1. The Balaban J connectivity index is 0. The van der Waals surface area contributed by atoms with Gasteiger partial charge in [0.2, 0.25) is 0 Å². The van der Waals surface area contributed by atoms with Gasteiger partial charge >= 0.3 is 0 Å². The van der Waals surface area contributed by atoms with E-state index in [0.29, 0.717) is 0 Å². The third kappa shape index (κ3) is 10.7. The van der Waals surface area contributed by atoms with E-state index >= 15 is 0 Å². The Morgan fingerprint density at radius 3 is 1.50 bits per heavy atom. The zero-order chi connectivity index (χ0) is 10.2. The van der Waals surface area contributed by atoms with Crippen molar-refractivity contribution >= 4 is 0 Å². The maximum atomic E-state index is 5.32. The van der Waals surface area contributed by atoms with Gasteiger partial charge in [0.15, 0.2) is 0 Å². The zero-order valence-corrected chi connectivity index (χ0v) is 12.0. The molecule has 0 aromatic heterocycles. The molecule has 0 amide bonds. The number of halogens is 1. The summed E-state index contributed by atoms with van der Waals surface area (Å²) in [6.45, 7) is 9.48. The molecular weight excluding hydrogens is 293 g/mol. The van der Waals surface area contributed by atoms with E-state index in [1.54, 1.807) is 0 Å². The van der Waals surface area contributed by atoms with Crippen LogP contribution in [0.5, 0.6) is 0 Å². The molecule has 0 N–H and O–H groups in total. The van der Waals surface area contributed by atoms with Crippen molar-refractivity contribution in [3.8, 4) is 0 Å². The van der Waals surface area contributed by atoms with Gasteiger partial charge in [0.05, 0.1) is 27.3 Å². The predicted octanol–water partition coefficient (Wildman–Crippen LogP) is -1.86. The molecule has 0 bridgehead atoms. The lowest BCUT2D eigenvalue weighted by atomic mass is 10.4. The Labute approximate surface area is 105 Å². The summed E-state index contributed by atoms with van der Waals surface area (Å²) in [5.41, 5.74) is 0. The number of hydrogen-bond acceptors (Lipinski definition) is 2. The molecule has 0 unspecified atom stereocenters. The lowest BCUT2D eigenvalue weighted by Gasteiger charge is -2.29. The van der Waals surface area contributed by atoms with Crippen molar-refractivity contribution in [2.75, 3.05) is 53.6 Å². The van der Waals surface area contributed by atoms with Crippen molar-refractivity contribution in [3.05, 3.63) is 0 Å². The van der Waals surface area contributed by atoms with E-state index in [9.17, 15) is 0 Å². The number of likely N-dealkylation sites (N-methyl/N-ethyl adjacent to an activating group) is 1. The van der Waals surface area contributed by atoms with Crippen molar-refractivity contribution in [2.24, 2.45) is 0 Å². The van der Waals surface area contributed by atoms with Crippen LogP contribution in [0.2, 0.25) is 0 Å². The van der Waals surface area contributed by atoms with Gasteiger partial charge in [0.1, 0.15) is 13.1 Å². The summed E-state index contributed by atoms with van der Waals surface area (Å²) >= 11 is 0. The molecule has 0 radical (unpaired) electrons. The predicted molar refractivity (Wildman–Crippen MR) is 54.8 cm³/mol. The Hall–Kier alpha value is 0.610. The van der Waals surface area contributed by atoms with Crippen LogP contribution in [-0.4, -0.2) is 58.1 Å². The van der Waals surface area contributed by atoms with Crippen LogP contribution in [-0.2, 0) is 9.47 Å². The summed E-state index contributed by atoms with van der Waals surface area (Å²) in [6, 6.07) is 0. The lowest BCUT2D eigenvalue weighted by Crippen LogP contribution is -3.00. The first-order valence-corrected chi connectivity index (χ1v) is 5.10. The summed E-state index contributed by atoms with van der Waals surface area (Å²) in [6.07, 6.45) is 0. The second-order valence-electron chi connectivity index (χ2n) is 3.78. The molecule has 0 fully saturated rings. The first kappa shape index (κ1) is 17.0. The fourth-order valence-electron chi connectivity index (χ4n) is 1.02. The van der Waals surface area contributed by atoms with Crippen molar-refractivity contribution in [1.82, 2.24) is 0 Å². The van der Waals surface area contributed by atoms with Crippen LogP contribution in [0.1, 0.15) is 13.8 Å². The van der Waals surface area contributed by atoms with Crippen LogP contribution in [0.15, 0.2) is 0 Å². The quantitative estimate of drug-likeness (QED) is 0.297. The largest absolute Gasteiger partial charge is 1.00 e. The highest BCUT2D eigenvalue weighted by Gasteiger charge is 2.13.